The summed E-state index contributed by atoms with van der Waals surface area (Å²) < 4.78 is 23.7. The fourth-order valence-corrected chi connectivity index (χ4v) is 2.30. The van der Waals surface area contributed by atoms with Crippen molar-refractivity contribution in [2.45, 2.75) is 13.0 Å². The Morgan fingerprint density at radius 3 is 3.00 bits per heavy atom. The van der Waals surface area contributed by atoms with Gasteiger partial charge < -0.3 is 9.47 Å². The van der Waals surface area contributed by atoms with E-state index in [0.29, 0.717) is 10.3 Å². The van der Waals surface area contributed by atoms with Gasteiger partial charge >= 0.3 is 5.43 Å². The van der Waals surface area contributed by atoms with Gasteiger partial charge in [0.2, 0.25) is 0 Å². The molecule has 0 unspecified atom stereocenters. The van der Waals surface area contributed by atoms with E-state index in [9.17, 15) is 9.18 Å². The van der Waals surface area contributed by atoms with Crippen molar-refractivity contribution in [2.24, 2.45) is 0 Å². The molecule has 2 aromatic rings. The van der Waals surface area contributed by atoms with Gasteiger partial charge in [0.1, 0.15) is 23.1 Å². The number of thiazole rings is 1. The lowest BCUT2D eigenvalue weighted by atomic mass is 10.4. The van der Waals surface area contributed by atoms with Gasteiger partial charge in [0.15, 0.2) is 10.3 Å². The van der Waals surface area contributed by atoms with Crippen LogP contribution in [0.5, 0.6) is 5.88 Å². The average molecular weight is 325 g/mol. The Labute approximate surface area is 121 Å². The Kier molecular flexibility index (Phi) is 4.38. The summed E-state index contributed by atoms with van der Waals surface area (Å²) in [6.07, 6.45) is -0.592. The maximum absolute atomic E-state index is 13.7. The number of carbonyl (C=O) groups excluding carboxylic acids is 1. The molecule has 102 valence electrons. The summed E-state index contributed by atoms with van der Waals surface area (Å²) in [6, 6.07) is 1.18. The standard InChI is InChI=1S/C10H7Cl2FN2O3S/c1-4(3-17-10(12)16)18-7-5(13)2-6-8(15-7)19-9(11)14-6/h2,4H,3H2,1H3/t4-/m0/s1. The zero-order valence-corrected chi connectivity index (χ0v) is 11.9. The smallest absolute Gasteiger partial charge is 0.403 e. The predicted octanol–water partition coefficient (Wildman–Crippen LogP) is 3.63. The van der Waals surface area contributed by atoms with Gasteiger partial charge in [0, 0.05) is 17.7 Å². The lowest BCUT2D eigenvalue weighted by molar-refractivity contribution is 0.100. The molecular formula is C10H7Cl2FN2O3S. The number of fused-ring (bicyclic) bond motifs is 1. The number of ether oxygens (including phenoxy) is 2. The normalized spacial score (nSPS) is 12.4. The van der Waals surface area contributed by atoms with Crippen LogP contribution < -0.4 is 4.74 Å². The zero-order valence-electron chi connectivity index (χ0n) is 9.52. The quantitative estimate of drug-likeness (QED) is 0.804. The molecule has 0 spiro atoms. The minimum atomic E-state index is -0.950. The van der Waals surface area contributed by atoms with Gasteiger partial charge in [0.05, 0.1) is 0 Å². The van der Waals surface area contributed by atoms with Crippen LogP contribution in [-0.4, -0.2) is 28.1 Å². The third-order valence-electron chi connectivity index (χ3n) is 2.02. The first-order chi connectivity index (χ1) is 8.95. The first-order valence-corrected chi connectivity index (χ1v) is 6.64. The first-order valence-electron chi connectivity index (χ1n) is 5.07. The molecular weight excluding hydrogens is 318 g/mol. The van der Waals surface area contributed by atoms with Crippen LogP contribution in [-0.2, 0) is 4.74 Å². The lowest BCUT2D eigenvalue weighted by Crippen LogP contribution is -2.20. The molecule has 0 aliphatic carbocycles. The van der Waals surface area contributed by atoms with Crippen LogP contribution in [0, 0.1) is 5.82 Å². The number of carbonyl (C=O) groups is 1. The molecule has 0 aromatic carbocycles. The monoisotopic (exact) mass is 324 g/mol. The molecule has 1 atom stereocenters. The summed E-state index contributed by atoms with van der Waals surface area (Å²) >= 11 is 11.8. The van der Waals surface area contributed by atoms with E-state index in [0.717, 1.165) is 11.3 Å². The largest absolute Gasteiger partial charge is 0.469 e. The molecule has 0 aliphatic heterocycles. The maximum Gasteiger partial charge on any atom is 0.403 e. The average Bonchev–Trinajstić information content (AvgIpc) is 2.66. The summed E-state index contributed by atoms with van der Waals surface area (Å²) in [7, 11) is 0. The minimum Gasteiger partial charge on any atom is -0.469 e. The van der Waals surface area contributed by atoms with Crippen molar-refractivity contribution in [3.63, 3.8) is 0 Å². The van der Waals surface area contributed by atoms with Crippen LogP contribution in [0.1, 0.15) is 6.92 Å². The number of halogens is 3. The molecule has 0 saturated carbocycles. The van der Waals surface area contributed by atoms with Crippen molar-refractivity contribution in [3.8, 4) is 5.88 Å². The summed E-state index contributed by atoms with van der Waals surface area (Å²) in [5, 5.41) is 0. The van der Waals surface area contributed by atoms with E-state index in [1.54, 1.807) is 6.92 Å². The highest BCUT2D eigenvalue weighted by molar-refractivity contribution is 7.21. The number of hydrogen-bond acceptors (Lipinski definition) is 6. The van der Waals surface area contributed by atoms with E-state index in [-0.39, 0.29) is 17.0 Å². The second-order valence-electron chi connectivity index (χ2n) is 3.54. The number of aromatic nitrogens is 2. The summed E-state index contributed by atoms with van der Waals surface area (Å²) in [5.74, 6) is -0.871. The van der Waals surface area contributed by atoms with E-state index >= 15 is 0 Å². The molecule has 2 rings (SSSR count). The Bertz CT molecular complexity index is 622. The Morgan fingerprint density at radius 1 is 1.58 bits per heavy atom. The number of hydrogen-bond donors (Lipinski definition) is 0. The Morgan fingerprint density at radius 2 is 2.32 bits per heavy atom. The van der Waals surface area contributed by atoms with Gasteiger partial charge in [-0.1, -0.05) is 22.9 Å². The lowest BCUT2D eigenvalue weighted by Gasteiger charge is -2.13. The van der Waals surface area contributed by atoms with Crippen molar-refractivity contribution in [1.82, 2.24) is 9.97 Å². The molecule has 2 heterocycles. The third-order valence-corrected chi connectivity index (χ3v) is 3.20. The summed E-state index contributed by atoms with van der Waals surface area (Å²) in [6.45, 7) is 1.48. The van der Waals surface area contributed by atoms with Gasteiger partial charge in [-0.25, -0.2) is 14.2 Å². The second kappa shape index (κ2) is 5.85. The van der Waals surface area contributed by atoms with Crippen molar-refractivity contribution in [1.29, 1.82) is 0 Å². The van der Waals surface area contributed by atoms with E-state index in [4.69, 9.17) is 27.9 Å². The second-order valence-corrected chi connectivity index (χ2v) is 5.41. The van der Waals surface area contributed by atoms with Crippen molar-refractivity contribution >= 4 is 50.3 Å². The van der Waals surface area contributed by atoms with Crippen molar-refractivity contribution < 1.29 is 18.7 Å². The molecule has 0 N–H and O–H groups in total. The highest BCUT2D eigenvalue weighted by Crippen LogP contribution is 2.28. The molecule has 2 aromatic heterocycles. The molecule has 19 heavy (non-hydrogen) atoms. The van der Waals surface area contributed by atoms with Crippen LogP contribution in [0.2, 0.25) is 4.47 Å². The topological polar surface area (TPSA) is 61.3 Å². The molecule has 0 amide bonds. The highest BCUT2D eigenvalue weighted by Gasteiger charge is 2.15. The molecule has 0 bridgehead atoms. The van der Waals surface area contributed by atoms with E-state index < -0.39 is 17.3 Å². The van der Waals surface area contributed by atoms with Crippen LogP contribution in [0.25, 0.3) is 10.3 Å². The molecule has 0 aliphatic rings. The summed E-state index contributed by atoms with van der Waals surface area (Å²) in [4.78, 5) is 18.7. The summed E-state index contributed by atoms with van der Waals surface area (Å²) in [5.41, 5.74) is -0.590. The Hall–Kier alpha value is -1.18. The molecule has 0 radical (unpaired) electrons. The van der Waals surface area contributed by atoms with Gasteiger partial charge in [-0.3, -0.25) is 0 Å². The van der Waals surface area contributed by atoms with Crippen LogP contribution >= 0.6 is 34.5 Å². The fraction of sp³-hybridized carbons (Fsp3) is 0.300. The van der Waals surface area contributed by atoms with Gasteiger partial charge in [-0.05, 0) is 6.92 Å². The van der Waals surface area contributed by atoms with E-state index in [1.807, 2.05) is 0 Å². The predicted molar refractivity (Wildman–Crippen MR) is 69.7 cm³/mol. The number of pyridine rings is 1. The van der Waals surface area contributed by atoms with Crippen LogP contribution in [0.15, 0.2) is 6.07 Å². The third kappa shape index (κ3) is 3.65. The van der Waals surface area contributed by atoms with Crippen LogP contribution in [0.4, 0.5) is 9.18 Å². The Balaban J connectivity index is 2.15. The zero-order chi connectivity index (χ0) is 14.0. The van der Waals surface area contributed by atoms with Crippen molar-refractivity contribution in [2.75, 3.05) is 6.61 Å². The first kappa shape index (κ1) is 14.2. The van der Waals surface area contributed by atoms with E-state index in [2.05, 4.69) is 14.7 Å². The molecule has 0 fully saturated rings. The minimum absolute atomic E-state index is 0.106. The highest BCUT2D eigenvalue weighted by atomic mass is 35.5. The number of nitrogens with zero attached hydrogens (tertiary/aromatic N) is 2. The SMILES string of the molecule is C[C@@H](COC(=O)Cl)Oc1nc2sc(Cl)nc2cc1F. The fourth-order valence-electron chi connectivity index (χ4n) is 1.29. The van der Waals surface area contributed by atoms with Gasteiger partial charge in [-0.2, -0.15) is 4.98 Å². The van der Waals surface area contributed by atoms with Crippen LogP contribution in [0.3, 0.4) is 0 Å². The van der Waals surface area contributed by atoms with E-state index in [1.165, 1.54) is 6.07 Å². The van der Waals surface area contributed by atoms with Crippen molar-refractivity contribution in [3.05, 3.63) is 16.4 Å². The molecule has 5 nitrogen and oxygen atoms in total. The molecule has 0 saturated heterocycles. The number of rotatable bonds is 4. The molecule has 9 heteroatoms. The van der Waals surface area contributed by atoms with Gasteiger partial charge in [-0.15, -0.1) is 0 Å². The maximum atomic E-state index is 13.7. The van der Waals surface area contributed by atoms with Gasteiger partial charge in [0.25, 0.3) is 5.88 Å².